The number of carbonyl (C=O) groups excluding carboxylic acids is 1. The first-order valence-electron chi connectivity index (χ1n) is 8.76. The number of hydrogen-bond donors (Lipinski definition) is 2. The fraction of sp³-hybridized carbons (Fsp3) is 0.350. The van der Waals surface area contributed by atoms with Crippen molar-refractivity contribution in [2.45, 2.75) is 13.3 Å². The second kappa shape index (κ2) is 10.2. The Morgan fingerprint density at radius 1 is 1.12 bits per heavy atom. The molecule has 2 amide bonds. The first kappa shape index (κ1) is 19.4. The van der Waals surface area contributed by atoms with Gasteiger partial charge in [-0.25, -0.2) is 4.79 Å². The predicted octanol–water partition coefficient (Wildman–Crippen LogP) is 3.74. The Balaban J connectivity index is 1.76. The number of nitrogens with one attached hydrogen (secondary N) is 2. The Morgan fingerprint density at radius 3 is 2.58 bits per heavy atom. The molecule has 0 aromatic heterocycles. The average Bonchev–Trinajstić information content (AvgIpc) is 2.66. The lowest BCUT2D eigenvalue weighted by atomic mass is 10.2. The van der Waals surface area contributed by atoms with E-state index in [2.05, 4.69) is 27.7 Å². The molecule has 0 aliphatic carbocycles. The van der Waals surface area contributed by atoms with Gasteiger partial charge in [0.1, 0.15) is 0 Å². The Hall–Kier alpha value is -2.89. The number of amides is 2. The summed E-state index contributed by atoms with van der Waals surface area (Å²) in [5.41, 5.74) is 1.83. The number of hydrogen-bond acceptors (Lipinski definition) is 4. The van der Waals surface area contributed by atoms with Gasteiger partial charge in [0.15, 0.2) is 11.5 Å². The number of rotatable bonds is 9. The van der Waals surface area contributed by atoms with Gasteiger partial charge in [0.25, 0.3) is 0 Å². The van der Waals surface area contributed by atoms with Crippen LogP contribution in [0.25, 0.3) is 0 Å². The molecule has 2 rings (SSSR count). The van der Waals surface area contributed by atoms with Gasteiger partial charge >= 0.3 is 6.03 Å². The van der Waals surface area contributed by atoms with Crippen molar-refractivity contribution in [3.63, 3.8) is 0 Å². The molecule has 6 nitrogen and oxygen atoms in total. The van der Waals surface area contributed by atoms with Gasteiger partial charge in [-0.05, 0) is 37.6 Å². The van der Waals surface area contributed by atoms with E-state index in [-0.39, 0.29) is 6.03 Å². The van der Waals surface area contributed by atoms with Crippen molar-refractivity contribution in [1.29, 1.82) is 0 Å². The molecule has 2 aromatic rings. The Morgan fingerprint density at radius 2 is 1.88 bits per heavy atom. The van der Waals surface area contributed by atoms with Crippen LogP contribution in [0.1, 0.15) is 13.3 Å². The summed E-state index contributed by atoms with van der Waals surface area (Å²) >= 11 is 0. The number of nitrogens with zero attached hydrogens (tertiary/aromatic N) is 1. The Labute approximate surface area is 155 Å². The third kappa shape index (κ3) is 5.88. The first-order valence-corrected chi connectivity index (χ1v) is 8.76. The highest BCUT2D eigenvalue weighted by Gasteiger charge is 2.08. The number of carbonyl (C=O) groups is 1. The summed E-state index contributed by atoms with van der Waals surface area (Å²) in [7, 11) is 3.63. The van der Waals surface area contributed by atoms with Gasteiger partial charge in [0, 0.05) is 37.6 Å². The molecule has 0 atom stereocenters. The normalized spacial score (nSPS) is 10.1. The van der Waals surface area contributed by atoms with Crippen LogP contribution in [0.5, 0.6) is 11.5 Å². The van der Waals surface area contributed by atoms with E-state index >= 15 is 0 Å². The molecular formula is C20H27N3O3. The van der Waals surface area contributed by atoms with Gasteiger partial charge in [-0.2, -0.15) is 0 Å². The molecule has 0 unspecified atom stereocenters. The summed E-state index contributed by atoms with van der Waals surface area (Å²) in [5, 5.41) is 5.68. The minimum atomic E-state index is -0.236. The van der Waals surface area contributed by atoms with Crippen molar-refractivity contribution in [3.05, 3.63) is 48.5 Å². The summed E-state index contributed by atoms with van der Waals surface area (Å²) in [4.78, 5) is 14.2. The SMILES string of the molecule is CCOc1cc(NC(=O)NCCCN(C)c2ccccc2)ccc1OC. The molecular weight excluding hydrogens is 330 g/mol. The maximum Gasteiger partial charge on any atom is 0.319 e. The predicted molar refractivity (Wildman–Crippen MR) is 106 cm³/mol. The van der Waals surface area contributed by atoms with Crippen LogP contribution in [0.4, 0.5) is 16.2 Å². The highest BCUT2D eigenvalue weighted by Crippen LogP contribution is 2.30. The number of methoxy groups -OCH3 is 1. The van der Waals surface area contributed by atoms with Crippen LogP contribution in [0, 0.1) is 0 Å². The molecule has 0 radical (unpaired) electrons. The van der Waals surface area contributed by atoms with E-state index in [1.54, 1.807) is 25.3 Å². The molecule has 0 saturated heterocycles. The van der Waals surface area contributed by atoms with Crippen molar-refractivity contribution < 1.29 is 14.3 Å². The maximum atomic E-state index is 12.0. The lowest BCUT2D eigenvalue weighted by molar-refractivity contribution is 0.252. The van der Waals surface area contributed by atoms with E-state index in [9.17, 15) is 4.79 Å². The molecule has 140 valence electrons. The molecule has 0 heterocycles. The van der Waals surface area contributed by atoms with Crippen LogP contribution in [0.3, 0.4) is 0 Å². The molecule has 2 N–H and O–H groups in total. The lowest BCUT2D eigenvalue weighted by Crippen LogP contribution is -2.31. The van der Waals surface area contributed by atoms with Gasteiger partial charge in [0.05, 0.1) is 13.7 Å². The van der Waals surface area contributed by atoms with Crippen molar-refractivity contribution in [2.75, 3.05) is 44.1 Å². The summed E-state index contributed by atoms with van der Waals surface area (Å²) in [6.07, 6.45) is 0.853. The van der Waals surface area contributed by atoms with Crippen LogP contribution >= 0.6 is 0 Å². The lowest BCUT2D eigenvalue weighted by Gasteiger charge is -2.19. The van der Waals surface area contributed by atoms with E-state index in [1.165, 1.54) is 5.69 Å². The largest absolute Gasteiger partial charge is 0.493 e. The van der Waals surface area contributed by atoms with Crippen molar-refractivity contribution in [1.82, 2.24) is 5.32 Å². The van der Waals surface area contributed by atoms with E-state index in [1.807, 2.05) is 32.2 Å². The van der Waals surface area contributed by atoms with E-state index in [4.69, 9.17) is 9.47 Å². The third-order valence-corrected chi connectivity index (χ3v) is 3.87. The number of benzene rings is 2. The molecule has 2 aromatic carbocycles. The first-order chi connectivity index (χ1) is 12.6. The number of urea groups is 1. The fourth-order valence-electron chi connectivity index (χ4n) is 2.53. The third-order valence-electron chi connectivity index (χ3n) is 3.87. The molecule has 0 aliphatic heterocycles. The van der Waals surface area contributed by atoms with Gasteiger partial charge in [0.2, 0.25) is 0 Å². The molecule has 26 heavy (non-hydrogen) atoms. The smallest absolute Gasteiger partial charge is 0.319 e. The van der Waals surface area contributed by atoms with Crippen LogP contribution in [0.15, 0.2) is 48.5 Å². The van der Waals surface area contributed by atoms with E-state index in [0.29, 0.717) is 30.3 Å². The zero-order chi connectivity index (χ0) is 18.8. The zero-order valence-electron chi connectivity index (χ0n) is 15.6. The molecule has 0 aliphatic rings. The van der Waals surface area contributed by atoms with Crippen LogP contribution in [-0.2, 0) is 0 Å². The molecule has 0 bridgehead atoms. The molecule has 0 saturated carbocycles. The fourth-order valence-corrected chi connectivity index (χ4v) is 2.53. The highest BCUT2D eigenvalue weighted by atomic mass is 16.5. The van der Waals surface area contributed by atoms with Gasteiger partial charge in [-0.1, -0.05) is 18.2 Å². The zero-order valence-corrected chi connectivity index (χ0v) is 15.6. The number of para-hydroxylation sites is 1. The van der Waals surface area contributed by atoms with Gasteiger partial charge < -0.3 is 25.0 Å². The Kier molecular flexibility index (Phi) is 7.61. The van der Waals surface area contributed by atoms with Gasteiger partial charge in [-0.15, -0.1) is 0 Å². The van der Waals surface area contributed by atoms with Crippen LogP contribution < -0.4 is 25.0 Å². The maximum absolute atomic E-state index is 12.0. The quantitative estimate of drug-likeness (QED) is 0.671. The monoisotopic (exact) mass is 357 g/mol. The average molecular weight is 357 g/mol. The molecule has 6 heteroatoms. The van der Waals surface area contributed by atoms with Crippen LogP contribution in [-0.4, -0.2) is 39.9 Å². The summed E-state index contributed by atoms with van der Waals surface area (Å²) in [6, 6.07) is 15.2. The summed E-state index contributed by atoms with van der Waals surface area (Å²) < 4.78 is 10.8. The van der Waals surface area contributed by atoms with Crippen molar-refractivity contribution in [2.24, 2.45) is 0 Å². The molecule has 0 fully saturated rings. The van der Waals surface area contributed by atoms with Gasteiger partial charge in [-0.3, -0.25) is 0 Å². The van der Waals surface area contributed by atoms with Crippen molar-refractivity contribution >= 4 is 17.4 Å². The summed E-state index contributed by atoms with van der Waals surface area (Å²) in [6.45, 7) is 3.89. The van der Waals surface area contributed by atoms with Crippen molar-refractivity contribution in [3.8, 4) is 11.5 Å². The van der Waals surface area contributed by atoms with E-state index < -0.39 is 0 Å². The number of anilines is 2. The van der Waals surface area contributed by atoms with Crippen LogP contribution in [0.2, 0.25) is 0 Å². The molecule has 0 spiro atoms. The Bertz CT molecular complexity index is 692. The van der Waals surface area contributed by atoms with E-state index in [0.717, 1.165) is 13.0 Å². The topological polar surface area (TPSA) is 62.8 Å². The second-order valence-corrected chi connectivity index (χ2v) is 5.79. The highest BCUT2D eigenvalue weighted by molar-refractivity contribution is 5.89. The second-order valence-electron chi connectivity index (χ2n) is 5.79. The summed E-state index contributed by atoms with van der Waals surface area (Å²) in [5.74, 6) is 1.25. The number of ether oxygens (including phenoxy) is 2. The minimum absolute atomic E-state index is 0.236. The standard InChI is InChI=1S/C20H27N3O3/c1-4-26-19-15-16(11-12-18(19)25-3)22-20(24)21-13-8-14-23(2)17-9-6-5-7-10-17/h5-7,9-12,15H,4,8,13-14H2,1-3H3,(H2,21,22,24). The minimum Gasteiger partial charge on any atom is -0.493 e.